The summed E-state index contributed by atoms with van der Waals surface area (Å²) >= 11 is 0. The third-order valence-electron chi connectivity index (χ3n) is 8.23. The molecule has 0 saturated heterocycles. The minimum atomic E-state index is -3.77. The number of sulfonamides is 1. The van der Waals surface area contributed by atoms with E-state index >= 15 is 0 Å². The number of benzene rings is 4. The number of carbonyl (C=O) groups is 1. The monoisotopic (exact) mass is 656 g/mol. The largest absolute Gasteiger partial charge is 0.455 e. The standard InChI is InChI=1S/C35H30F2N4O5S/c1-5-20-14-25(37)12-8-23(20)18-41-19-39-29-13-9-22(15-27(29)35(41)43)26-16-28-31(17-30(26)40(3)47(4,44)45)46-33(32(28)34(42)38-2)21-6-10-24(36)11-7-21/h6-17,19H,5,18H2,1-4H3,(H,38,42). The molecule has 12 heteroatoms. The Morgan fingerprint density at radius 1 is 0.936 bits per heavy atom. The van der Waals surface area contributed by atoms with Gasteiger partial charge in [0.1, 0.15) is 23.0 Å². The molecular formula is C35H30F2N4O5S. The summed E-state index contributed by atoms with van der Waals surface area (Å²) in [4.78, 5) is 31.5. The number of fused-ring (bicyclic) bond motifs is 2. The van der Waals surface area contributed by atoms with Gasteiger partial charge in [-0.1, -0.05) is 19.1 Å². The second-order valence-electron chi connectivity index (χ2n) is 11.2. The summed E-state index contributed by atoms with van der Waals surface area (Å²) in [5.41, 5.74) is 3.65. The van der Waals surface area contributed by atoms with Crippen LogP contribution < -0.4 is 15.2 Å². The van der Waals surface area contributed by atoms with Crippen LogP contribution in [0.1, 0.15) is 28.4 Å². The number of aromatic nitrogens is 2. The Kier molecular flexibility index (Phi) is 8.14. The number of hydrogen-bond acceptors (Lipinski definition) is 6. The lowest BCUT2D eigenvalue weighted by atomic mass is 9.97. The number of halogens is 2. The van der Waals surface area contributed by atoms with E-state index in [0.717, 1.165) is 21.7 Å². The van der Waals surface area contributed by atoms with Crippen LogP contribution in [0.2, 0.25) is 0 Å². The highest BCUT2D eigenvalue weighted by atomic mass is 32.2. The van der Waals surface area contributed by atoms with Crippen molar-refractivity contribution in [2.45, 2.75) is 19.9 Å². The molecule has 0 saturated carbocycles. The number of nitrogens with zero attached hydrogens (tertiary/aromatic N) is 3. The van der Waals surface area contributed by atoms with Crippen LogP contribution in [-0.2, 0) is 23.0 Å². The average Bonchev–Trinajstić information content (AvgIpc) is 3.43. The van der Waals surface area contributed by atoms with Crippen LogP contribution in [0.15, 0.2) is 88.3 Å². The molecule has 2 heterocycles. The Labute approximate surface area is 269 Å². The molecule has 0 aliphatic rings. The van der Waals surface area contributed by atoms with Crippen LogP contribution >= 0.6 is 0 Å². The van der Waals surface area contributed by atoms with Gasteiger partial charge in [-0.15, -0.1) is 0 Å². The second kappa shape index (κ2) is 12.1. The zero-order chi connectivity index (χ0) is 33.6. The van der Waals surface area contributed by atoms with E-state index in [1.165, 1.54) is 67.5 Å². The lowest BCUT2D eigenvalue weighted by Crippen LogP contribution is -2.25. The maximum absolute atomic E-state index is 13.9. The van der Waals surface area contributed by atoms with Crippen molar-refractivity contribution >= 4 is 43.5 Å². The van der Waals surface area contributed by atoms with E-state index in [-0.39, 0.29) is 45.9 Å². The smallest absolute Gasteiger partial charge is 0.261 e. The Morgan fingerprint density at radius 2 is 1.64 bits per heavy atom. The molecule has 6 aromatic rings. The Balaban J connectivity index is 1.58. The Hall–Kier alpha value is -5.36. The molecule has 6 rings (SSSR count). The summed E-state index contributed by atoms with van der Waals surface area (Å²) in [5.74, 6) is -1.09. The van der Waals surface area contributed by atoms with Gasteiger partial charge in [0, 0.05) is 36.7 Å². The van der Waals surface area contributed by atoms with Crippen molar-refractivity contribution in [1.82, 2.24) is 14.9 Å². The first-order valence-electron chi connectivity index (χ1n) is 14.7. The van der Waals surface area contributed by atoms with Crippen molar-refractivity contribution in [3.05, 3.63) is 118 Å². The van der Waals surface area contributed by atoms with E-state index in [1.54, 1.807) is 30.3 Å². The lowest BCUT2D eigenvalue weighted by molar-refractivity contribution is 0.0964. The molecule has 0 aliphatic heterocycles. The van der Waals surface area contributed by atoms with E-state index in [0.29, 0.717) is 34.0 Å². The molecule has 0 atom stereocenters. The molecule has 1 amide bonds. The minimum absolute atomic E-state index is 0.180. The highest BCUT2D eigenvalue weighted by molar-refractivity contribution is 7.92. The van der Waals surface area contributed by atoms with Gasteiger partial charge in [-0.05, 0) is 77.7 Å². The van der Waals surface area contributed by atoms with Crippen LogP contribution in [0.5, 0.6) is 0 Å². The molecule has 9 nitrogen and oxygen atoms in total. The molecule has 0 fully saturated rings. The van der Waals surface area contributed by atoms with Gasteiger partial charge in [-0.25, -0.2) is 22.2 Å². The molecule has 0 radical (unpaired) electrons. The van der Waals surface area contributed by atoms with E-state index in [1.807, 2.05) is 6.92 Å². The van der Waals surface area contributed by atoms with Gasteiger partial charge >= 0.3 is 0 Å². The summed E-state index contributed by atoms with van der Waals surface area (Å²) in [6.07, 6.45) is 3.09. The van der Waals surface area contributed by atoms with Gasteiger partial charge < -0.3 is 9.73 Å². The number of carbonyl (C=O) groups excluding carboxylic acids is 1. The van der Waals surface area contributed by atoms with Gasteiger partial charge in [0.25, 0.3) is 11.5 Å². The van der Waals surface area contributed by atoms with Crippen LogP contribution in [0.4, 0.5) is 14.5 Å². The van der Waals surface area contributed by atoms with Gasteiger partial charge in [0.2, 0.25) is 10.0 Å². The Bertz CT molecular complexity index is 2370. The summed E-state index contributed by atoms with van der Waals surface area (Å²) in [6.45, 7) is 2.09. The van der Waals surface area contributed by atoms with E-state index < -0.39 is 21.7 Å². The van der Waals surface area contributed by atoms with Gasteiger partial charge in [0.15, 0.2) is 0 Å². The SMILES string of the molecule is CCc1cc(F)ccc1Cn1cnc2ccc(-c3cc4c(C(=O)NC)c(-c5ccc(F)cc5)oc4cc3N(C)S(C)(=O)=O)cc2c1=O. The normalized spacial score (nSPS) is 11.7. The molecule has 0 unspecified atom stereocenters. The van der Waals surface area contributed by atoms with Gasteiger partial charge in [-0.3, -0.25) is 18.5 Å². The summed E-state index contributed by atoms with van der Waals surface area (Å²) in [6, 6.07) is 18.1. The van der Waals surface area contributed by atoms with E-state index in [4.69, 9.17) is 4.42 Å². The first kappa shape index (κ1) is 31.6. The van der Waals surface area contributed by atoms with Crippen molar-refractivity contribution in [1.29, 1.82) is 0 Å². The summed E-state index contributed by atoms with van der Waals surface area (Å²) in [7, 11) is -0.905. The number of hydrogen-bond donors (Lipinski definition) is 1. The third-order valence-corrected chi connectivity index (χ3v) is 9.42. The number of rotatable bonds is 8. The predicted molar refractivity (Wildman–Crippen MR) is 178 cm³/mol. The quantitative estimate of drug-likeness (QED) is 0.211. The van der Waals surface area contributed by atoms with Crippen molar-refractivity contribution < 1.29 is 26.4 Å². The fraction of sp³-hybridized carbons (Fsp3) is 0.171. The van der Waals surface area contributed by atoms with E-state index in [9.17, 15) is 26.8 Å². The lowest BCUT2D eigenvalue weighted by Gasteiger charge is -2.21. The maximum Gasteiger partial charge on any atom is 0.261 e. The van der Waals surface area contributed by atoms with Crippen LogP contribution in [0.3, 0.4) is 0 Å². The molecule has 240 valence electrons. The molecule has 47 heavy (non-hydrogen) atoms. The second-order valence-corrected chi connectivity index (χ2v) is 13.2. The van der Waals surface area contributed by atoms with Crippen molar-refractivity contribution in [3.63, 3.8) is 0 Å². The molecule has 0 spiro atoms. The maximum atomic E-state index is 13.9. The highest BCUT2D eigenvalue weighted by Gasteiger charge is 2.26. The summed E-state index contributed by atoms with van der Waals surface area (Å²) in [5, 5.41) is 3.29. The first-order valence-corrected chi connectivity index (χ1v) is 16.5. The first-order chi connectivity index (χ1) is 22.4. The molecule has 4 aromatic carbocycles. The minimum Gasteiger partial charge on any atom is -0.455 e. The number of nitrogens with one attached hydrogen (secondary N) is 1. The van der Waals surface area contributed by atoms with Crippen LogP contribution in [0, 0.1) is 11.6 Å². The highest BCUT2D eigenvalue weighted by Crippen LogP contribution is 2.41. The fourth-order valence-electron chi connectivity index (χ4n) is 5.66. The van der Waals surface area contributed by atoms with Gasteiger partial charge in [-0.2, -0.15) is 0 Å². The summed E-state index contributed by atoms with van der Waals surface area (Å²) < 4.78 is 61.9. The number of aryl methyl sites for hydroxylation is 1. The number of anilines is 1. The van der Waals surface area contributed by atoms with Crippen LogP contribution in [-0.4, -0.2) is 44.2 Å². The van der Waals surface area contributed by atoms with Crippen molar-refractivity contribution in [2.75, 3.05) is 24.7 Å². The zero-order valence-corrected chi connectivity index (χ0v) is 26.8. The predicted octanol–water partition coefficient (Wildman–Crippen LogP) is 6.12. The van der Waals surface area contributed by atoms with Crippen molar-refractivity contribution in [3.8, 4) is 22.5 Å². The molecule has 0 bridgehead atoms. The molecule has 1 N–H and O–H groups in total. The fourth-order valence-corrected chi connectivity index (χ4v) is 6.17. The Morgan fingerprint density at radius 3 is 2.32 bits per heavy atom. The molecule has 2 aromatic heterocycles. The van der Waals surface area contributed by atoms with Crippen LogP contribution in [0.25, 0.3) is 44.3 Å². The number of amides is 1. The molecule has 0 aliphatic carbocycles. The average molecular weight is 657 g/mol. The van der Waals surface area contributed by atoms with Crippen molar-refractivity contribution in [2.24, 2.45) is 0 Å². The molecular weight excluding hydrogens is 626 g/mol. The number of furan rings is 1. The van der Waals surface area contributed by atoms with E-state index in [2.05, 4.69) is 10.3 Å². The van der Waals surface area contributed by atoms with Gasteiger partial charge in [0.05, 0.1) is 41.3 Å². The topological polar surface area (TPSA) is 115 Å². The third kappa shape index (κ3) is 5.87. The zero-order valence-electron chi connectivity index (χ0n) is 26.0.